The molecule has 0 fully saturated rings. The summed E-state index contributed by atoms with van der Waals surface area (Å²) in [6.45, 7) is 1.88. The molecule has 3 aromatic rings. The van der Waals surface area contributed by atoms with Crippen LogP contribution in [0.2, 0.25) is 5.02 Å². The number of aryl methyl sites for hydroxylation is 1. The van der Waals surface area contributed by atoms with E-state index in [2.05, 4.69) is 20.8 Å². The van der Waals surface area contributed by atoms with Crippen LogP contribution in [0.15, 0.2) is 54.6 Å². The van der Waals surface area contributed by atoms with Gasteiger partial charge in [-0.25, -0.2) is 0 Å². The van der Waals surface area contributed by atoms with Gasteiger partial charge in [0.05, 0.1) is 12.8 Å². The number of amides is 1. The predicted molar refractivity (Wildman–Crippen MR) is 102 cm³/mol. The molecular formula is C19H17ClN4O2. The first-order valence-corrected chi connectivity index (χ1v) is 8.26. The van der Waals surface area contributed by atoms with Crippen LogP contribution < -0.4 is 15.4 Å². The van der Waals surface area contributed by atoms with Crippen molar-refractivity contribution in [3.63, 3.8) is 0 Å². The first-order chi connectivity index (χ1) is 12.6. The van der Waals surface area contributed by atoms with Crippen molar-refractivity contribution in [2.75, 3.05) is 17.7 Å². The molecule has 3 rings (SSSR count). The van der Waals surface area contributed by atoms with Gasteiger partial charge in [0.2, 0.25) is 0 Å². The molecule has 1 amide bonds. The summed E-state index contributed by atoms with van der Waals surface area (Å²) in [4.78, 5) is 12.3. The Kier molecular flexibility index (Phi) is 5.34. The highest BCUT2D eigenvalue weighted by atomic mass is 35.5. The number of halogens is 1. The Hall–Kier alpha value is -3.12. The standard InChI is InChI=1S/C19H17ClN4O2/c1-12-5-3-4-6-14(12)19(25)22-18-10-9-17(23-24-18)21-15-11-13(20)7-8-16(15)26-2/h3-11H,1-2H3,(H,21,23)(H,22,24,25). The Morgan fingerprint density at radius 2 is 1.77 bits per heavy atom. The van der Waals surface area contributed by atoms with E-state index in [0.717, 1.165) is 5.56 Å². The maximum atomic E-state index is 12.3. The maximum Gasteiger partial charge on any atom is 0.257 e. The van der Waals surface area contributed by atoms with Gasteiger partial charge < -0.3 is 15.4 Å². The molecule has 132 valence electrons. The number of carbonyl (C=O) groups is 1. The van der Waals surface area contributed by atoms with Crippen LogP contribution in [0.3, 0.4) is 0 Å². The van der Waals surface area contributed by atoms with Gasteiger partial charge in [-0.15, -0.1) is 10.2 Å². The first-order valence-electron chi connectivity index (χ1n) is 7.88. The lowest BCUT2D eigenvalue weighted by atomic mass is 10.1. The Balaban J connectivity index is 1.72. The molecule has 26 heavy (non-hydrogen) atoms. The molecule has 0 spiro atoms. The van der Waals surface area contributed by atoms with Crippen molar-refractivity contribution in [3.8, 4) is 5.75 Å². The molecule has 0 saturated carbocycles. The van der Waals surface area contributed by atoms with E-state index >= 15 is 0 Å². The van der Waals surface area contributed by atoms with Crippen molar-refractivity contribution in [2.24, 2.45) is 0 Å². The van der Waals surface area contributed by atoms with Crippen molar-refractivity contribution in [1.82, 2.24) is 10.2 Å². The van der Waals surface area contributed by atoms with Crippen LogP contribution in [0, 0.1) is 6.92 Å². The van der Waals surface area contributed by atoms with E-state index in [-0.39, 0.29) is 5.91 Å². The highest BCUT2D eigenvalue weighted by Crippen LogP contribution is 2.29. The number of benzene rings is 2. The third kappa shape index (κ3) is 4.10. The molecular weight excluding hydrogens is 352 g/mol. The van der Waals surface area contributed by atoms with E-state index in [9.17, 15) is 4.79 Å². The Morgan fingerprint density at radius 3 is 2.46 bits per heavy atom. The molecule has 2 aromatic carbocycles. The summed E-state index contributed by atoms with van der Waals surface area (Å²) in [5.74, 6) is 1.27. The number of carbonyl (C=O) groups excluding carboxylic acids is 1. The second-order valence-corrected chi connectivity index (χ2v) is 5.98. The molecule has 0 aliphatic carbocycles. The molecule has 1 aromatic heterocycles. The zero-order chi connectivity index (χ0) is 18.5. The molecule has 0 aliphatic rings. The summed E-state index contributed by atoms with van der Waals surface area (Å²) in [6, 6.07) is 16.0. The van der Waals surface area contributed by atoms with Gasteiger partial charge >= 0.3 is 0 Å². The average Bonchev–Trinajstić information content (AvgIpc) is 2.64. The molecule has 7 heteroatoms. The molecule has 0 saturated heterocycles. The molecule has 6 nitrogen and oxygen atoms in total. The minimum Gasteiger partial charge on any atom is -0.495 e. The third-order valence-electron chi connectivity index (χ3n) is 3.72. The topological polar surface area (TPSA) is 76.1 Å². The summed E-state index contributed by atoms with van der Waals surface area (Å²) >= 11 is 6.01. The fourth-order valence-corrected chi connectivity index (χ4v) is 2.56. The fraction of sp³-hybridized carbons (Fsp3) is 0.105. The SMILES string of the molecule is COc1ccc(Cl)cc1Nc1ccc(NC(=O)c2ccccc2C)nn1. The van der Waals surface area contributed by atoms with E-state index in [4.69, 9.17) is 16.3 Å². The van der Waals surface area contributed by atoms with E-state index in [1.807, 2.05) is 25.1 Å². The average molecular weight is 369 g/mol. The number of anilines is 3. The zero-order valence-corrected chi connectivity index (χ0v) is 15.0. The van der Waals surface area contributed by atoms with Gasteiger partial charge in [-0.05, 0) is 48.9 Å². The smallest absolute Gasteiger partial charge is 0.257 e. The van der Waals surface area contributed by atoms with Crippen LogP contribution in [-0.4, -0.2) is 23.2 Å². The minimum atomic E-state index is -0.227. The number of hydrogen-bond donors (Lipinski definition) is 2. The molecule has 0 atom stereocenters. The lowest BCUT2D eigenvalue weighted by Gasteiger charge is -2.11. The minimum absolute atomic E-state index is 0.227. The quantitative estimate of drug-likeness (QED) is 0.696. The second kappa shape index (κ2) is 7.84. The van der Waals surface area contributed by atoms with Crippen LogP contribution >= 0.6 is 11.6 Å². The zero-order valence-electron chi connectivity index (χ0n) is 14.3. The van der Waals surface area contributed by atoms with E-state index < -0.39 is 0 Å². The Labute approximate surface area is 156 Å². The van der Waals surface area contributed by atoms with Gasteiger partial charge in [-0.2, -0.15) is 0 Å². The van der Waals surface area contributed by atoms with Gasteiger partial charge in [0.15, 0.2) is 11.6 Å². The third-order valence-corrected chi connectivity index (χ3v) is 3.96. The first kappa shape index (κ1) is 17.7. The number of ether oxygens (including phenoxy) is 1. The Morgan fingerprint density at radius 1 is 1.04 bits per heavy atom. The molecule has 0 radical (unpaired) electrons. The molecule has 2 N–H and O–H groups in total. The summed E-state index contributed by atoms with van der Waals surface area (Å²) in [5, 5.41) is 14.5. The molecule has 0 aliphatic heterocycles. The normalized spacial score (nSPS) is 10.3. The number of nitrogens with zero attached hydrogens (tertiary/aromatic N) is 2. The second-order valence-electron chi connectivity index (χ2n) is 5.54. The van der Waals surface area contributed by atoms with E-state index in [1.165, 1.54) is 0 Å². The summed E-state index contributed by atoms with van der Waals surface area (Å²) < 4.78 is 5.28. The van der Waals surface area contributed by atoms with Crippen molar-refractivity contribution in [3.05, 3.63) is 70.7 Å². The lowest BCUT2D eigenvalue weighted by molar-refractivity contribution is 0.102. The van der Waals surface area contributed by atoms with Crippen LogP contribution in [-0.2, 0) is 0 Å². The number of nitrogens with one attached hydrogen (secondary N) is 2. The number of aromatic nitrogens is 2. The molecule has 0 bridgehead atoms. The predicted octanol–water partition coefficient (Wildman–Crippen LogP) is 4.44. The highest BCUT2D eigenvalue weighted by molar-refractivity contribution is 6.31. The Bertz CT molecular complexity index is 929. The van der Waals surface area contributed by atoms with Crippen LogP contribution in [0.4, 0.5) is 17.3 Å². The molecule has 1 heterocycles. The van der Waals surface area contributed by atoms with Gasteiger partial charge in [0.1, 0.15) is 5.75 Å². The number of hydrogen-bond acceptors (Lipinski definition) is 5. The lowest BCUT2D eigenvalue weighted by Crippen LogP contribution is -2.14. The van der Waals surface area contributed by atoms with Crippen molar-refractivity contribution in [1.29, 1.82) is 0 Å². The number of methoxy groups -OCH3 is 1. The van der Waals surface area contributed by atoms with Gasteiger partial charge in [-0.3, -0.25) is 4.79 Å². The van der Waals surface area contributed by atoms with Crippen LogP contribution in [0.5, 0.6) is 5.75 Å². The van der Waals surface area contributed by atoms with Gasteiger partial charge in [-0.1, -0.05) is 29.8 Å². The molecule has 0 unspecified atom stereocenters. The van der Waals surface area contributed by atoms with Crippen molar-refractivity contribution < 1.29 is 9.53 Å². The highest BCUT2D eigenvalue weighted by Gasteiger charge is 2.10. The summed E-state index contributed by atoms with van der Waals surface area (Å²) in [7, 11) is 1.57. The van der Waals surface area contributed by atoms with Crippen LogP contribution in [0.1, 0.15) is 15.9 Å². The van der Waals surface area contributed by atoms with Gasteiger partial charge in [0, 0.05) is 10.6 Å². The van der Waals surface area contributed by atoms with Crippen molar-refractivity contribution >= 4 is 34.8 Å². The largest absolute Gasteiger partial charge is 0.495 e. The summed E-state index contributed by atoms with van der Waals surface area (Å²) in [5.41, 5.74) is 2.16. The number of rotatable bonds is 5. The van der Waals surface area contributed by atoms with Gasteiger partial charge in [0.25, 0.3) is 5.91 Å². The van der Waals surface area contributed by atoms with E-state index in [1.54, 1.807) is 43.5 Å². The maximum absolute atomic E-state index is 12.3. The van der Waals surface area contributed by atoms with Crippen LogP contribution in [0.25, 0.3) is 0 Å². The van der Waals surface area contributed by atoms with Crippen molar-refractivity contribution in [2.45, 2.75) is 6.92 Å². The summed E-state index contributed by atoms with van der Waals surface area (Å²) in [6.07, 6.45) is 0. The monoisotopic (exact) mass is 368 g/mol. The van der Waals surface area contributed by atoms with E-state index in [0.29, 0.717) is 33.7 Å². The fourth-order valence-electron chi connectivity index (χ4n) is 2.39.